The van der Waals surface area contributed by atoms with Gasteiger partial charge in [-0.1, -0.05) is 30.3 Å². The molecule has 0 bridgehead atoms. The van der Waals surface area contributed by atoms with E-state index >= 15 is 0 Å². The third-order valence-electron chi connectivity index (χ3n) is 4.07. The Kier molecular flexibility index (Phi) is 3.81. The topological polar surface area (TPSA) is 80.5 Å². The molecule has 1 aliphatic heterocycles. The number of anilines is 1. The summed E-state index contributed by atoms with van der Waals surface area (Å²) >= 11 is 0. The summed E-state index contributed by atoms with van der Waals surface area (Å²) in [6.07, 6.45) is 0.570. The van der Waals surface area contributed by atoms with Crippen molar-refractivity contribution < 1.29 is 13.3 Å². The smallest absolute Gasteiger partial charge is 0.269 e. The van der Waals surface area contributed by atoms with E-state index in [2.05, 4.69) is 0 Å². The number of sulfonamides is 1. The SMILES string of the molecule is Cc1ccccc1CS(=O)(=O)N1CCc2ccc([N+](=O)[O-])cc21. The van der Waals surface area contributed by atoms with Crippen LogP contribution >= 0.6 is 0 Å². The van der Waals surface area contributed by atoms with E-state index in [9.17, 15) is 18.5 Å². The third-order valence-corrected chi connectivity index (χ3v) is 5.79. The van der Waals surface area contributed by atoms with Gasteiger partial charge in [-0.15, -0.1) is 0 Å². The van der Waals surface area contributed by atoms with Gasteiger partial charge in [-0.25, -0.2) is 8.42 Å². The van der Waals surface area contributed by atoms with Crippen molar-refractivity contribution in [2.75, 3.05) is 10.8 Å². The minimum atomic E-state index is -3.58. The van der Waals surface area contributed by atoms with E-state index in [4.69, 9.17) is 0 Å². The van der Waals surface area contributed by atoms with Gasteiger partial charge in [-0.2, -0.15) is 0 Å². The Morgan fingerprint density at radius 3 is 2.65 bits per heavy atom. The van der Waals surface area contributed by atoms with Gasteiger partial charge in [0.15, 0.2) is 0 Å². The second-order valence-electron chi connectivity index (χ2n) is 5.57. The van der Waals surface area contributed by atoms with Gasteiger partial charge in [0.2, 0.25) is 10.0 Å². The van der Waals surface area contributed by atoms with Crippen molar-refractivity contribution in [3.8, 4) is 0 Å². The van der Waals surface area contributed by atoms with Crippen molar-refractivity contribution in [1.29, 1.82) is 0 Å². The molecule has 6 nitrogen and oxygen atoms in total. The molecular formula is C16H16N2O4S. The van der Waals surface area contributed by atoms with Crippen LogP contribution in [-0.2, 0) is 22.2 Å². The van der Waals surface area contributed by atoms with E-state index < -0.39 is 14.9 Å². The Hall–Kier alpha value is -2.41. The average molecular weight is 332 g/mol. The number of nitrogens with zero attached hydrogens (tertiary/aromatic N) is 2. The van der Waals surface area contributed by atoms with Crippen molar-refractivity contribution in [2.24, 2.45) is 0 Å². The quantitative estimate of drug-likeness (QED) is 0.637. The monoisotopic (exact) mass is 332 g/mol. The van der Waals surface area contributed by atoms with Crippen molar-refractivity contribution in [3.05, 3.63) is 69.3 Å². The van der Waals surface area contributed by atoms with Gasteiger partial charge in [0.1, 0.15) is 0 Å². The maximum absolute atomic E-state index is 12.8. The molecule has 2 aromatic rings. The second kappa shape index (κ2) is 5.66. The summed E-state index contributed by atoms with van der Waals surface area (Å²) in [4.78, 5) is 10.4. The first kappa shape index (κ1) is 15.5. The van der Waals surface area contributed by atoms with Crippen molar-refractivity contribution in [1.82, 2.24) is 0 Å². The lowest BCUT2D eigenvalue weighted by atomic mass is 10.1. The van der Waals surface area contributed by atoms with Crippen LogP contribution < -0.4 is 4.31 Å². The molecule has 1 aliphatic rings. The van der Waals surface area contributed by atoms with Crippen molar-refractivity contribution in [2.45, 2.75) is 19.1 Å². The number of nitro groups is 1. The lowest BCUT2D eigenvalue weighted by molar-refractivity contribution is -0.384. The summed E-state index contributed by atoms with van der Waals surface area (Å²) in [6.45, 7) is 2.19. The van der Waals surface area contributed by atoms with E-state index in [0.717, 1.165) is 16.7 Å². The number of hydrogen-bond donors (Lipinski definition) is 0. The van der Waals surface area contributed by atoms with Crippen LogP contribution in [0.4, 0.5) is 11.4 Å². The molecule has 7 heteroatoms. The average Bonchev–Trinajstić information content (AvgIpc) is 2.93. The highest BCUT2D eigenvalue weighted by molar-refractivity contribution is 7.92. The molecule has 1 heterocycles. The van der Waals surface area contributed by atoms with Crippen LogP contribution in [0.25, 0.3) is 0 Å². The van der Waals surface area contributed by atoms with E-state index in [-0.39, 0.29) is 11.4 Å². The standard InChI is InChI=1S/C16H16N2O4S/c1-12-4-2-3-5-14(12)11-23(21,22)17-9-8-13-6-7-15(18(19)20)10-16(13)17/h2-7,10H,8-9,11H2,1H3. The summed E-state index contributed by atoms with van der Waals surface area (Å²) in [6, 6.07) is 11.7. The molecule has 3 rings (SSSR count). The van der Waals surface area contributed by atoms with Crippen molar-refractivity contribution >= 4 is 21.4 Å². The largest absolute Gasteiger partial charge is 0.271 e. The summed E-state index contributed by atoms with van der Waals surface area (Å²) in [5, 5.41) is 10.9. The predicted octanol–water partition coefficient (Wildman–Crippen LogP) is 2.80. The molecule has 0 saturated carbocycles. The minimum Gasteiger partial charge on any atom is -0.269 e. The summed E-state index contributed by atoms with van der Waals surface area (Å²) < 4.78 is 26.8. The molecule has 0 unspecified atom stereocenters. The van der Waals surface area contributed by atoms with Crippen LogP contribution in [0.5, 0.6) is 0 Å². The fourth-order valence-corrected chi connectivity index (χ4v) is 4.50. The van der Waals surface area contributed by atoms with Crippen LogP contribution in [0.1, 0.15) is 16.7 Å². The van der Waals surface area contributed by atoms with Crippen LogP contribution in [0, 0.1) is 17.0 Å². The number of non-ortho nitro benzene ring substituents is 1. The molecule has 23 heavy (non-hydrogen) atoms. The highest BCUT2D eigenvalue weighted by Crippen LogP contribution is 2.34. The number of hydrogen-bond acceptors (Lipinski definition) is 4. The van der Waals surface area contributed by atoms with Gasteiger partial charge in [0, 0.05) is 18.7 Å². The Bertz CT molecular complexity index is 877. The summed E-state index contributed by atoms with van der Waals surface area (Å²) in [5.41, 5.74) is 2.81. The maximum Gasteiger partial charge on any atom is 0.271 e. The third kappa shape index (κ3) is 2.92. The Morgan fingerprint density at radius 2 is 1.96 bits per heavy atom. The van der Waals surface area contributed by atoms with Crippen LogP contribution in [0.2, 0.25) is 0 Å². The Morgan fingerprint density at radius 1 is 1.22 bits per heavy atom. The molecule has 0 atom stereocenters. The molecular weight excluding hydrogens is 316 g/mol. The molecule has 0 aromatic heterocycles. The molecule has 0 N–H and O–H groups in total. The number of benzene rings is 2. The van der Waals surface area contributed by atoms with Crippen LogP contribution in [0.3, 0.4) is 0 Å². The number of nitro benzene ring substituents is 1. The highest BCUT2D eigenvalue weighted by Gasteiger charge is 2.31. The highest BCUT2D eigenvalue weighted by atomic mass is 32.2. The first-order valence-corrected chi connectivity index (χ1v) is 8.81. The summed E-state index contributed by atoms with van der Waals surface area (Å²) in [5.74, 6) is -0.109. The lowest BCUT2D eigenvalue weighted by Gasteiger charge is -2.20. The van der Waals surface area contributed by atoms with Gasteiger partial charge < -0.3 is 0 Å². The Balaban J connectivity index is 1.96. The van der Waals surface area contributed by atoms with Gasteiger partial charge in [-0.3, -0.25) is 14.4 Å². The summed E-state index contributed by atoms with van der Waals surface area (Å²) in [7, 11) is -3.58. The zero-order chi connectivity index (χ0) is 16.6. The molecule has 0 aliphatic carbocycles. The predicted molar refractivity (Wildman–Crippen MR) is 87.9 cm³/mol. The molecule has 0 saturated heterocycles. The van der Waals surface area contributed by atoms with E-state index in [1.807, 2.05) is 19.1 Å². The first-order valence-electron chi connectivity index (χ1n) is 7.21. The molecule has 0 spiro atoms. The van der Waals surface area contributed by atoms with E-state index in [1.54, 1.807) is 18.2 Å². The zero-order valence-electron chi connectivity index (χ0n) is 12.6. The van der Waals surface area contributed by atoms with E-state index in [1.165, 1.54) is 16.4 Å². The van der Waals surface area contributed by atoms with E-state index in [0.29, 0.717) is 18.7 Å². The van der Waals surface area contributed by atoms with Gasteiger partial charge in [0.05, 0.1) is 16.4 Å². The normalized spacial score (nSPS) is 13.9. The lowest BCUT2D eigenvalue weighted by Crippen LogP contribution is -2.30. The van der Waals surface area contributed by atoms with Gasteiger partial charge >= 0.3 is 0 Å². The second-order valence-corrected chi connectivity index (χ2v) is 7.47. The Labute approximate surface area is 134 Å². The molecule has 0 amide bonds. The first-order chi connectivity index (χ1) is 10.9. The van der Waals surface area contributed by atoms with Gasteiger partial charge in [0.25, 0.3) is 5.69 Å². The molecule has 0 radical (unpaired) electrons. The van der Waals surface area contributed by atoms with Gasteiger partial charge in [-0.05, 0) is 30.0 Å². The number of fused-ring (bicyclic) bond motifs is 1. The van der Waals surface area contributed by atoms with Crippen LogP contribution in [0.15, 0.2) is 42.5 Å². The van der Waals surface area contributed by atoms with Crippen LogP contribution in [-0.4, -0.2) is 19.9 Å². The number of aryl methyl sites for hydroxylation is 1. The fraction of sp³-hybridized carbons (Fsp3) is 0.250. The fourth-order valence-electron chi connectivity index (χ4n) is 2.79. The maximum atomic E-state index is 12.8. The molecule has 120 valence electrons. The zero-order valence-corrected chi connectivity index (χ0v) is 13.4. The molecule has 2 aromatic carbocycles. The number of rotatable bonds is 4. The minimum absolute atomic E-state index is 0.0956. The molecule has 0 fully saturated rings. The van der Waals surface area contributed by atoms with Crippen molar-refractivity contribution in [3.63, 3.8) is 0 Å².